The van der Waals surface area contributed by atoms with Crippen LogP contribution >= 0.6 is 0 Å². The summed E-state index contributed by atoms with van der Waals surface area (Å²) in [4.78, 5) is 25.7. The van der Waals surface area contributed by atoms with E-state index in [0.29, 0.717) is 13.0 Å². The van der Waals surface area contributed by atoms with Gasteiger partial charge in [-0.1, -0.05) is 0 Å². The van der Waals surface area contributed by atoms with Crippen molar-refractivity contribution < 1.29 is 27.1 Å². The third-order valence-electron chi connectivity index (χ3n) is 4.27. The molecule has 1 fully saturated rings. The Bertz CT molecular complexity index is 821. The third-order valence-corrected chi connectivity index (χ3v) is 6.18. The van der Waals surface area contributed by atoms with Crippen LogP contribution in [0.25, 0.3) is 0 Å². The molecular weight excluding hydrogens is 401 g/mol. The standard InChI is InChI=1S/C19H28FN3O5S/c1-19(2,3)28-18(25)21-10-9-17(24)22-11-4-12-23(14-13-22)29(26,27)16-7-5-15(20)6-8-16/h5-8H,4,9-14H2,1-3H3,(H,21,25). The Morgan fingerprint density at radius 2 is 1.76 bits per heavy atom. The Hall–Kier alpha value is -2.20. The number of nitrogens with zero attached hydrogens (tertiary/aromatic N) is 2. The first-order valence-corrected chi connectivity index (χ1v) is 10.9. The van der Waals surface area contributed by atoms with Gasteiger partial charge in [0.2, 0.25) is 15.9 Å². The first-order valence-electron chi connectivity index (χ1n) is 9.49. The van der Waals surface area contributed by atoms with Gasteiger partial charge < -0.3 is 15.0 Å². The van der Waals surface area contributed by atoms with Crippen LogP contribution in [0.15, 0.2) is 29.2 Å². The molecule has 1 saturated heterocycles. The van der Waals surface area contributed by atoms with Crippen LogP contribution < -0.4 is 5.32 Å². The molecule has 0 saturated carbocycles. The Morgan fingerprint density at radius 3 is 2.38 bits per heavy atom. The summed E-state index contributed by atoms with van der Waals surface area (Å²) in [6, 6.07) is 4.69. The SMILES string of the molecule is CC(C)(C)OC(=O)NCCC(=O)N1CCCN(S(=O)(=O)c2ccc(F)cc2)CC1. The molecule has 29 heavy (non-hydrogen) atoms. The number of carbonyl (C=O) groups is 2. The quantitative estimate of drug-likeness (QED) is 0.772. The summed E-state index contributed by atoms with van der Waals surface area (Å²) >= 11 is 0. The maximum absolute atomic E-state index is 13.1. The number of hydrogen-bond donors (Lipinski definition) is 1. The van der Waals surface area contributed by atoms with Crippen molar-refractivity contribution in [2.75, 3.05) is 32.7 Å². The monoisotopic (exact) mass is 429 g/mol. The lowest BCUT2D eigenvalue weighted by atomic mass is 10.2. The zero-order valence-electron chi connectivity index (χ0n) is 17.0. The highest BCUT2D eigenvalue weighted by atomic mass is 32.2. The molecule has 10 heteroatoms. The molecule has 0 radical (unpaired) electrons. The fourth-order valence-corrected chi connectivity index (χ4v) is 4.35. The molecule has 162 valence electrons. The first kappa shape index (κ1) is 23.1. The smallest absolute Gasteiger partial charge is 0.407 e. The van der Waals surface area contributed by atoms with Gasteiger partial charge in [-0.15, -0.1) is 0 Å². The molecule has 0 aromatic heterocycles. The van der Waals surface area contributed by atoms with Crippen molar-refractivity contribution in [1.29, 1.82) is 0 Å². The summed E-state index contributed by atoms with van der Waals surface area (Å²) in [5.74, 6) is -0.668. The molecule has 0 aliphatic carbocycles. The number of benzene rings is 1. The van der Waals surface area contributed by atoms with Crippen LogP contribution in [0.1, 0.15) is 33.6 Å². The van der Waals surface area contributed by atoms with Crippen molar-refractivity contribution in [3.05, 3.63) is 30.1 Å². The molecule has 1 heterocycles. The number of hydrogen-bond acceptors (Lipinski definition) is 5. The average molecular weight is 430 g/mol. The number of alkyl carbamates (subject to hydrolysis) is 1. The van der Waals surface area contributed by atoms with E-state index in [0.717, 1.165) is 12.1 Å². The number of rotatable bonds is 5. The summed E-state index contributed by atoms with van der Waals surface area (Å²) < 4.78 is 44.9. The van der Waals surface area contributed by atoms with Crippen molar-refractivity contribution in [2.24, 2.45) is 0 Å². The molecular formula is C19H28FN3O5S. The third kappa shape index (κ3) is 6.97. The van der Waals surface area contributed by atoms with Crippen LogP contribution in [-0.4, -0.2) is 67.9 Å². The summed E-state index contributed by atoms with van der Waals surface area (Å²) in [7, 11) is -3.74. The second-order valence-corrected chi connectivity index (χ2v) is 9.71. The van der Waals surface area contributed by atoms with Gasteiger partial charge in [-0.2, -0.15) is 4.31 Å². The number of carbonyl (C=O) groups excluding carboxylic acids is 2. The molecule has 1 aliphatic rings. The van der Waals surface area contributed by atoms with Crippen molar-refractivity contribution in [3.8, 4) is 0 Å². The largest absolute Gasteiger partial charge is 0.444 e. The van der Waals surface area contributed by atoms with Crippen LogP contribution in [-0.2, 0) is 19.6 Å². The van der Waals surface area contributed by atoms with Gasteiger partial charge in [-0.25, -0.2) is 17.6 Å². The van der Waals surface area contributed by atoms with Crippen molar-refractivity contribution in [2.45, 2.75) is 44.1 Å². The topological polar surface area (TPSA) is 96.0 Å². The maximum atomic E-state index is 13.1. The maximum Gasteiger partial charge on any atom is 0.407 e. The molecule has 1 N–H and O–H groups in total. The number of nitrogens with one attached hydrogen (secondary N) is 1. The highest BCUT2D eigenvalue weighted by Crippen LogP contribution is 2.18. The van der Waals surface area contributed by atoms with E-state index in [1.807, 2.05) is 0 Å². The van der Waals surface area contributed by atoms with Gasteiger partial charge in [0.15, 0.2) is 0 Å². The van der Waals surface area contributed by atoms with E-state index >= 15 is 0 Å². The number of halogens is 1. The summed E-state index contributed by atoms with van der Waals surface area (Å²) in [6.07, 6.45) is 0.00744. The van der Waals surface area contributed by atoms with Crippen LogP contribution in [0.4, 0.5) is 9.18 Å². The normalized spacial score (nSPS) is 16.2. The molecule has 2 rings (SSSR count). The van der Waals surface area contributed by atoms with Gasteiger partial charge in [0, 0.05) is 39.1 Å². The predicted molar refractivity (Wildman–Crippen MR) is 105 cm³/mol. The molecule has 0 atom stereocenters. The van der Waals surface area contributed by atoms with Crippen molar-refractivity contribution in [3.63, 3.8) is 0 Å². The highest BCUT2D eigenvalue weighted by molar-refractivity contribution is 7.89. The fourth-order valence-electron chi connectivity index (χ4n) is 2.88. The molecule has 8 nitrogen and oxygen atoms in total. The molecule has 0 unspecified atom stereocenters. The summed E-state index contributed by atoms with van der Waals surface area (Å²) in [5.41, 5.74) is -0.613. The van der Waals surface area contributed by atoms with Crippen molar-refractivity contribution >= 4 is 22.0 Å². The van der Waals surface area contributed by atoms with E-state index in [1.165, 1.54) is 16.4 Å². The first-order chi connectivity index (χ1) is 13.5. The lowest BCUT2D eigenvalue weighted by Crippen LogP contribution is -2.39. The van der Waals surface area contributed by atoms with Crippen LogP contribution in [0.3, 0.4) is 0 Å². The van der Waals surface area contributed by atoms with E-state index < -0.39 is 27.5 Å². The van der Waals surface area contributed by atoms with Crippen LogP contribution in [0, 0.1) is 5.82 Å². The summed E-state index contributed by atoms with van der Waals surface area (Å²) in [5, 5.41) is 2.54. The molecule has 0 spiro atoms. The molecule has 0 bridgehead atoms. The number of amides is 2. The van der Waals surface area contributed by atoms with E-state index in [2.05, 4.69) is 5.32 Å². The van der Waals surface area contributed by atoms with Crippen LogP contribution in [0.2, 0.25) is 0 Å². The molecule has 1 aromatic carbocycles. The van der Waals surface area contributed by atoms with E-state index in [9.17, 15) is 22.4 Å². The van der Waals surface area contributed by atoms with Gasteiger partial charge >= 0.3 is 6.09 Å². The Labute approximate surface area is 171 Å². The second-order valence-electron chi connectivity index (χ2n) is 7.77. The fraction of sp³-hybridized carbons (Fsp3) is 0.579. The van der Waals surface area contributed by atoms with Gasteiger partial charge in [-0.3, -0.25) is 4.79 Å². The zero-order chi connectivity index (χ0) is 21.7. The van der Waals surface area contributed by atoms with E-state index in [1.54, 1.807) is 25.7 Å². The van der Waals surface area contributed by atoms with Crippen molar-refractivity contribution in [1.82, 2.24) is 14.5 Å². The Balaban J connectivity index is 1.86. The average Bonchev–Trinajstić information content (AvgIpc) is 2.87. The van der Waals surface area contributed by atoms with Gasteiger partial charge in [0.1, 0.15) is 11.4 Å². The highest BCUT2D eigenvalue weighted by Gasteiger charge is 2.28. The summed E-state index contributed by atoms with van der Waals surface area (Å²) in [6.45, 7) is 6.51. The van der Waals surface area contributed by atoms with E-state index in [4.69, 9.17) is 4.74 Å². The lowest BCUT2D eigenvalue weighted by Gasteiger charge is -2.22. The second kappa shape index (κ2) is 9.53. The van der Waals surface area contributed by atoms with E-state index in [-0.39, 0.29) is 43.4 Å². The Morgan fingerprint density at radius 1 is 1.10 bits per heavy atom. The number of sulfonamides is 1. The minimum atomic E-state index is -3.74. The van der Waals surface area contributed by atoms with Gasteiger partial charge in [0.05, 0.1) is 4.90 Å². The van der Waals surface area contributed by atoms with Crippen LogP contribution in [0.5, 0.6) is 0 Å². The minimum Gasteiger partial charge on any atom is -0.444 e. The zero-order valence-corrected chi connectivity index (χ0v) is 17.8. The Kier molecular flexibility index (Phi) is 7.59. The minimum absolute atomic E-state index is 0.0280. The molecule has 1 aliphatic heterocycles. The predicted octanol–water partition coefficient (Wildman–Crippen LogP) is 1.96. The van der Waals surface area contributed by atoms with Gasteiger partial charge in [-0.05, 0) is 51.5 Å². The molecule has 1 aromatic rings. The lowest BCUT2D eigenvalue weighted by molar-refractivity contribution is -0.130. The number of ether oxygens (including phenoxy) is 1. The van der Waals surface area contributed by atoms with Gasteiger partial charge in [0.25, 0.3) is 0 Å². The molecule has 2 amide bonds.